The summed E-state index contributed by atoms with van der Waals surface area (Å²) in [6.45, 7) is 8.92. The summed E-state index contributed by atoms with van der Waals surface area (Å²) >= 11 is 0. The maximum Gasteiger partial charge on any atom is 0.250 e. The first-order valence-electron chi connectivity index (χ1n) is 10.8. The summed E-state index contributed by atoms with van der Waals surface area (Å²) in [4.78, 5) is 19.5. The van der Waals surface area contributed by atoms with Crippen LogP contribution in [0.4, 0.5) is 5.82 Å². The van der Waals surface area contributed by atoms with E-state index < -0.39 is 0 Å². The lowest BCUT2D eigenvalue weighted by Gasteiger charge is -2.36. The number of amides is 1. The number of carbonyl (C=O) groups is 1. The monoisotopic (exact) mass is 423 g/mol. The summed E-state index contributed by atoms with van der Waals surface area (Å²) in [5, 5.41) is 2.96. The number of hydrogen-bond donors (Lipinski definition) is 1. The molecule has 1 saturated heterocycles. The summed E-state index contributed by atoms with van der Waals surface area (Å²) in [7, 11) is 0. The van der Waals surface area contributed by atoms with Crippen LogP contribution in [0.25, 0.3) is 6.08 Å². The van der Waals surface area contributed by atoms with Crippen molar-refractivity contribution in [3.8, 4) is 11.5 Å². The Morgan fingerprint density at radius 2 is 2.03 bits per heavy atom. The summed E-state index contributed by atoms with van der Waals surface area (Å²) < 4.78 is 17.2. The molecule has 1 fully saturated rings. The average Bonchev–Trinajstić information content (AvgIpc) is 2.77. The fraction of sp³-hybridized carbons (Fsp3) is 0.417. The van der Waals surface area contributed by atoms with Gasteiger partial charge in [0.1, 0.15) is 12.4 Å². The van der Waals surface area contributed by atoms with E-state index in [1.54, 1.807) is 0 Å². The number of carbonyl (C=O) groups excluding carboxylic acids is 1. The number of morpholine rings is 1. The van der Waals surface area contributed by atoms with Gasteiger partial charge in [0, 0.05) is 31.4 Å². The van der Waals surface area contributed by atoms with Crippen LogP contribution in [-0.4, -0.2) is 49.4 Å². The van der Waals surface area contributed by atoms with Crippen LogP contribution >= 0.6 is 0 Å². The third-order valence-electron chi connectivity index (χ3n) is 5.31. The number of benzene rings is 1. The number of aromatic nitrogens is 1. The summed E-state index contributed by atoms with van der Waals surface area (Å²) in [6, 6.07) is 9.69. The quantitative estimate of drug-likeness (QED) is 0.769. The highest BCUT2D eigenvalue weighted by Gasteiger charge is 2.23. The minimum Gasteiger partial charge on any atom is -0.490 e. The number of rotatable bonds is 6. The Morgan fingerprint density at radius 1 is 1.23 bits per heavy atom. The van der Waals surface area contributed by atoms with Crippen molar-refractivity contribution in [2.45, 2.75) is 39.5 Å². The van der Waals surface area contributed by atoms with Gasteiger partial charge in [0.15, 0.2) is 11.5 Å². The lowest BCUT2D eigenvalue weighted by atomic mass is 10.1. The number of anilines is 1. The molecular formula is C24H29N3O4. The molecule has 0 radical (unpaired) electrons. The van der Waals surface area contributed by atoms with Crippen molar-refractivity contribution in [3.63, 3.8) is 0 Å². The van der Waals surface area contributed by atoms with Gasteiger partial charge in [0.05, 0.1) is 24.4 Å². The van der Waals surface area contributed by atoms with E-state index in [1.807, 2.05) is 49.5 Å². The number of para-hydroxylation sites is 1. The molecule has 31 heavy (non-hydrogen) atoms. The van der Waals surface area contributed by atoms with Crippen LogP contribution in [0.15, 0.2) is 42.1 Å². The molecule has 2 aliphatic heterocycles. The van der Waals surface area contributed by atoms with E-state index in [0.717, 1.165) is 30.0 Å². The Morgan fingerprint density at radius 3 is 2.74 bits per heavy atom. The number of pyridine rings is 1. The van der Waals surface area contributed by atoms with Crippen LogP contribution in [0.3, 0.4) is 0 Å². The first-order chi connectivity index (χ1) is 15.0. The fourth-order valence-corrected chi connectivity index (χ4v) is 3.95. The van der Waals surface area contributed by atoms with Gasteiger partial charge in [-0.05, 0) is 44.5 Å². The van der Waals surface area contributed by atoms with E-state index >= 15 is 0 Å². The summed E-state index contributed by atoms with van der Waals surface area (Å²) in [5.74, 6) is 2.17. The molecule has 3 heterocycles. The molecular weight excluding hydrogens is 394 g/mol. The van der Waals surface area contributed by atoms with Crippen molar-refractivity contribution in [2.24, 2.45) is 0 Å². The van der Waals surface area contributed by atoms with Gasteiger partial charge in [0.25, 0.3) is 5.91 Å². The predicted molar refractivity (Wildman–Crippen MR) is 119 cm³/mol. The Balaban J connectivity index is 1.36. The molecule has 0 spiro atoms. The van der Waals surface area contributed by atoms with Crippen molar-refractivity contribution in [1.82, 2.24) is 10.3 Å². The molecule has 2 atom stereocenters. The van der Waals surface area contributed by atoms with Crippen LogP contribution in [-0.2, 0) is 16.1 Å². The van der Waals surface area contributed by atoms with E-state index in [4.69, 9.17) is 14.2 Å². The van der Waals surface area contributed by atoms with Crippen molar-refractivity contribution in [3.05, 3.63) is 53.2 Å². The zero-order chi connectivity index (χ0) is 21.8. The normalized spacial score (nSPS) is 20.4. The first kappa shape index (κ1) is 21.2. The highest BCUT2D eigenvalue weighted by Crippen LogP contribution is 2.35. The highest BCUT2D eigenvalue weighted by molar-refractivity contribution is 5.99. The van der Waals surface area contributed by atoms with Crippen molar-refractivity contribution in [2.75, 3.05) is 31.2 Å². The molecule has 4 rings (SSSR count). The molecule has 2 unspecified atom stereocenters. The van der Waals surface area contributed by atoms with E-state index in [1.165, 1.54) is 0 Å². The van der Waals surface area contributed by atoms with Crippen LogP contribution in [0.1, 0.15) is 31.9 Å². The molecule has 7 heteroatoms. The zero-order valence-corrected chi connectivity index (χ0v) is 18.3. The minimum atomic E-state index is -0.146. The van der Waals surface area contributed by atoms with E-state index in [0.29, 0.717) is 30.2 Å². The van der Waals surface area contributed by atoms with Crippen LogP contribution < -0.4 is 19.7 Å². The molecule has 1 aromatic carbocycles. The lowest BCUT2D eigenvalue weighted by molar-refractivity contribution is -0.117. The SMILES string of the molecule is CCOc1cccc2c1OCC(C(=O)NCc1ccc(N3CC(C)OC(C)C3)nc1)=C2. The molecule has 0 saturated carbocycles. The molecule has 0 aliphatic carbocycles. The zero-order valence-electron chi connectivity index (χ0n) is 18.3. The standard InChI is InChI=1S/C24H29N3O4/c1-4-29-21-7-5-6-19-10-20(15-30-23(19)21)24(28)26-12-18-8-9-22(25-11-18)27-13-16(2)31-17(3)14-27/h5-11,16-17H,4,12-15H2,1-3H3,(H,26,28). The third kappa shape index (κ3) is 4.99. The van der Waals surface area contributed by atoms with Crippen LogP contribution in [0.2, 0.25) is 0 Å². The van der Waals surface area contributed by atoms with Gasteiger partial charge in [-0.2, -0.15) is 0 Å². The van der Waals surface area contributed by atoms with Crippen molar-refractivity contribution >= 4 is 17.8 Å². The van der Waals surface area contributed by atoms with Gasteiger partial charge in [-0.1, -0.05) is 18.2 Å². The Hall–Kier alpha value is -3.06. The van der Waals surface area contributed by atoms with Crippen molar-refractivity contribution in [1.29, 1.82) is 0 Å². The average molecular weight is 424 g/mol. The smallest absolute Gasteiger partial charge is 0.250 e. The molecule has 7 nitrogen and oxygen atoms in total. The predicted octanol–water partition coefficient (Wildman–Crippen LogP) is 3.19. The summed E-state index contributed by atoms with van der Waals surface area (Å²) in [6.07, 6.45) is 4.05. The molecule has 2 aliphatic rings. The molecule has 1 amide bonds. The van der Waals surface area contributed by atoms with E-state index in [2.05, 4.69) is 29.0 Å². The maximum atomic E-state index is 12.6. The number of fused-ring (bicyclic) bond motifs is 1. The third-order valence-corrected chi connectivity index (χ3v) is 5.31. The number of nitrogens with one attached hydrogen (secondary N) is 1. The second-order valence-corrected chi connectivity index (χ2v) is 7.94. The van der Waals surface area contributed by atoms with E-state index in [9.17, 15) is 4.79 Å². The number of hydrogen-bond acceptors (Lipinski definition) is 6. The molecule has 164 valence electrons. The second kappa shape index (κ2) is 9.39. The van der Waals surface area contributed by atoms with Gasteiger partial charge in [-0.3, -0.25) is 4.79 Å². The summed E-state index contributed by atoms with van der Waals surface area (Å²) in [5.41, 5.74) is 2.38. The van der Waals surface area contributed by atoms with Gasteiger partial charge in [-0.15, -0.1) is 0 Å². The fourth-order valence-electron chi connectivity index (χ4n) is 3.95. The molecule has 0 bridgehead atoms. The highest BCUT2D eigenvalue weighted by atomic mass is 16.5. The first-order valence-corrected chi connectivity index (χ1v) is 10.8. The number of ether oxygens (including phenoxy) is 3. The Bertz CT molecular complexity index is 948. The van der Waals surface area contributed by atoms with Gasteiger partial charge in [-0.25, -0.2) is 4.98 Å². The van der Waals surface area contributed by atoms with Gasteiger partial charge in [0.2, 0.25) is 0 Å². The molecule has 1 aromatic heterocycles. The lowest BCUT2D eigenvalue weighted by Crippen LogP contribution is -2.45. The van der Waals surface area contributed by atoms with Crippen molar-refractivity contribution < 1.29 is 19.0 Å². The van der Waals surface area contributed by atoms with Crippen LogP contribution in [0, 0.1) is 0 Å². The second-order valence-electron chi connectivity index (χ2n) is 7.94. The topological polar surface area (TPSA) is 72.9 Å². The van der Waals surface area contributed by atoms with Gasteiger partial charge >= 0.3 is 0 Å². The molecule has 1 N–H and O–H groups in total. The van der Waals surface area contributed by atoms with Crippen LogP contribution in [0.5, 0.6) is 11.5 Å². The minimum absolute atomic E-state index is 0.146. The number of nitrogens with zero attached hydrogens (tertiary/aromatic N) is 2. The largest absolute Gasteiger partial charge is 0.490 e. The molecule has 2 aromatic rings. The Kier molecular flexibility index (Phi) is 6.42. The Labute approximate surface area is 183 Å². The van der Waals surface area contributed by atoms with E-state index in [-0.39, 0.29) is 24.7 Å². The maximum absolute atomic E-state index is 12.6. The van der Waals surface area contributed by atoms with Gasteiger partial charge < -0.3 is 24.4 Å².